The Morgan fingerprint density at radius 1 is 1.80 bits per heavy atom. The third-order valence-corrected chi connectivity index (χ3v) is 1.05. The number of unbranched alkanes of at least 4 members (excludes halogenated alkanes) is 1. The van der Waals surface area contributed by atoms with Gasteiger partial charge in [-0.05, 0) is 6.42 Å². The number of hydrogen-bond donors (Lipinski definition) is 2. The fourth-order valence-electron chi connectivity index (χ4n) is 0.338. The van der Waals surface area contributed by atoms with E-state index in [2.05, 4.69) is 4.72 Å². The molecule has 0 rings (SSSR count). The Morgan fingerprint density at radius 2 is 2.50 bits per heavy atom. The number of nitriles is 1. The summed E-state index contributed by atoms with van der Waals surface area (Å²) < 4.78 is 20.2. The van der Waals surface area contributed by atoms with Crippen molar-refractivity contribution in [1.82, 2.24) is 4.72 Å². The van der Waals surface area contributed by atoms with E-state index >= 15 is 0 Å². The zero-order chi connectivity index (χ0) is 7.82. The molecule has 0 aliphatic heterocycles. The zero-order valence-corrected chi connectivity index (χ0v) is 6.10. The lowest BCUT2D eigenvalue weighted by Crippen LogP contribution is -2.06. The molecule has 0 saturated heterocycles. The van der Waals surface area contributed by atoms with Crippen LogP contribution in [0.4, 0.5) is 0 Å². The molecule has 0 aromatic carbocycles. The smallest absolute Gasteiger partial charge is 0.258 e. The number of hydrogen-bond acceptors (Lipinski definition) is 2. The number of rotatable bonds is 4. The van der Waals surface area contributed by atoms with Gasteiger partial charge in [0.15, 0.2) is 0 Å². The van der Waals surface area contributed by atoms with E-state index in [1.165, 1.54) is 6.20 Å². The van der Waals surface area contributed by atoms with E-state index in [1.54, 1.807) is 6.08 Å². The highest BCUT2D eigenvalue weighted by Crippen LogP contribution is 1.86. The van der Waals surface area contributed by atoms with E-state index < -0.39 is 11.3 Å². The van der Waals surface area contributed by atoms with Crippen LogP contribution in [0.25, 0.3) is 0 Å². The molecule has 0 radical (unpaired) electrons. The molecule has 1 atom stereocenters. The molecule has 1 unspecified atom stereocenters. The lowest BCUT2D eigenvalue weighted by molar-refractivity contribution is 0.558. The predicted molar refractivity (Wildman–Crippen MR) is 37.9 cm³/mol. The van der Waals surface area contributed by atoms with E-state index in [1.807, 2.05) is 6.07 Å². The van der Waals surface area contributed by atoms with Crippen molar-refractivity contribution in [3.63, 3.8) is 0 Å². The lowest BCUT2D eigenvalue weighted by atomic mass is 10.3. The van der Waals surface area contributed by atoms with Crippen molar-refractivity contribution in [2.75, 3.05) is 0 Å². The lowest BCUT2D eigenvalue weighted by Gasteiger charge is -1.87. The van der Waals surface area contributed by atoms with Gasteiger partial charge in [-0.2, -0.15) is 5.26 Å². The molecule has 0 heterocycles. The summed E-state index contributed by atoms with van der Waals surface area (Å²) in [6.07, 6.45) is 4.00. The molecule has 56 valence electrons. The quantitative estimate of drug-likeness (QED) is 0.465. The van der Waals surface area contributed by atoms with Gasteiger partial charge in [-0.15, -0.1) is 0 Å². The summed E-state index contributed by atoms with van der Waals surface area (Å²) >= 11 is -1.99. The van der Waals surface area contributed by atoms with E-state index in [0.717, 1.165) is 0 Å². The first-order valence-corrected chi connectivity index (χ1v) is 3.77. The third kappa shape index (κ3) is 7.14. The summed E-state index contributed by atoms with van der Waals surface area (Å²) in [5.74, 6) is 0. The molecule has 0 bridgehead atoms. The van der Waals surface area contributed by atoms with Crippen LogP contribution in [0.15, 0.2) is 12.3 Å². The number of allylic oxidation sites excluding steroid dienone is 1. The first kappa shape index (κ1) is 9.14. The van der Waals surface area contributed by atoms with E-state index in [-0.39, 0.29) is 0 Å². The Labute approximate surface area is 62.0 Å². The molecule has 0 spiro atoms. The van der Waals surface area contributed by atoms with Crippen LogP contribution in [0.2, 0.25) is 0 Å². The van der Waals surface area contributed by atoms with Gasteiger partial charge in [0.25, 0.3) is 11.3 Å². The maximum atomic E-state index is 9.92. The van der Waals surface area contributed by atoms with Gasteiger partial charge in [0.05, 0.1) is 6.07 Å². The minimum Gasteiger partial charge on any atom is -0.290 e. The van der Waals surface area contributed by atoms with Crippen molar-refractivity contribution in [1.29, 1.82) is 5.26 Å². The van der Waals surface area contributed by atoms with Gasteiger partial charge in [0, 0.05) is 12.6 Å². The summed E-state index contributed by atoms with van der Waals surface area (Å²) in [5.41, 5.74) is 0. The maximum absolute atomic E-state index is 9.92. The molecule has 0 aliphatic rings. The minimum atomic E-state index is -1.99. The van der Waals surface area contributed by atoms with Crippen LogP contribution in [0.1, 0.15) is 12.8 Å². The SMILES string of the molecule is N#CCCC=CNS(=O)O. The Morgan fingerprint density at radius 3 is 3.00 bits per heavy atom. The highest BCUT2D eigenvalue weighted by Gasteiger charge is 1.81. The van der Waals surface area contributed by atoms with Crippen molar-refractivity contribution in [3.8, 4) is 6.07 Å². The van der Waals surface area contributed by atoms with Crippen molar-refractivity contribution >= 4 is 11.3 Å². The second-order valence-electron chi connectivity index (χ2n) is 1.47. The molecule has 2 N–H and O–H groups in total. The molecular weight excluding hydrogens is 152 g/mol. The fraction of sp³-hybridized carbons (Fsp3) is 0.400. The van der Waals surface area contributed by atoms with Crippen molar-refractivity contribution < 1.29 is 8.76 Å². The second kappa shape index (κ2) is 6.26. The van der Waals surface area contributed by atoms with Crippen LogP contribution >= 0.6 is 0 Å². The normalized spacial score (nSPS) is 12.8. The summed E-state index contributed by atoms with van der Waals surface area (Å²) in [6, 6.07) is 1.94. The summed E-state index contributed by atoms with van der Waals surface area (Å²) in [7, 11) is 0. The highest BCUT2D eigenvalue weighted by molar-refractivity contribution is 7.77. The van der Waals surface area contributed by atoms with Gasteiger partial charge in [-0.1, -0.05) is 6.08 Å². The Kier molecular flexibility index (Phi) is 5.72. The zero-order valence-electron chi connectivity index (χ0n) is 5.28. The van der Waals surface area contributed by atoms with E-state index in [9.17, 15) is 4.21 Å². The molecule has 0 aromatic rings. The summed E-state index contributed by atoms with van der Waals surface area (Å²) in [4.78, 5) is 0. The molecule has 0 aliphatic carbocycles. The van der Waals surface area contributed by atoms with Crippen LogP contribution in [0, 0.1) is 11.3 Å². The second-order valence-corrected chi connectivity index (χ2v) is 2.20. The van der Waals surface area contributed by atoms with Gasteiger partial charge in [0.2, 0.25) is 0 Å². The molecule has 0 amide bonds. The molecule has 4 nitrogen and oxygen atoms in total. The first-order chi connectivity index (χ1) is 4.77. The molecule has 10 heavy (non-hydrogen) atoms. The first-order valence-electron chi connectivity index (χ1n) is 2.66. The standard InChI is InChI=1S/C5H8N2O2S/c6-4-2-1-3-5-7-10(8)9/h3,5,7H,1-2H2,(H,8,9). The van der Waals surface area contributed by atoms with E-state index in [4.69, 9.17) is 9.81 Å². The van der Waals surface area contributed by atoms with Crippen molar-refractivity contribution in [2.24, 2.45) is 0 Å². The average Bonchev–Trinajstić information content (AvgIpc) is 1.87. The molecule has 5 heteroatoms. The molecule has 0 aromatic heterocycles. The highest BCUT2D eigenvalue weighted by atomic mass is 32.2. The van der Waals surface area contributed by atoms with Gasteiger partial charge in [0.1, 0.15) is 0 Å². The Bertz CT molecular complexity index is 173. The van der Waals surface area contributed by atoms with Crippen LogP contribution in [0.3, 0.4) is 0 Å². The molecule has 0 saturated carbocycles. The third-order valence-electron chi connectivity index (χ3n) is 0.710. The maximum Gasteiger partial charge on any atom is 0.258 e. The van der Waals surface area contributed by atoms with Gasteiger partial charge in [-0.25, -0.2) is 4.21 Å². The van der Waals surface area contributed by atoms with Gasteiger partial charge >= 0.3 is 0 Å². The van der Waals surface area contributed by atoms with Gasteiger partial charge in [-0.3, -0.25) is 9.27 Å². The minimum absolute atomic E-state index is 0.427. The van der Waals surface area contributed by atoms with Crippen LogP contribution in [0.5, 0.6) is 0 Å². The topological polar surface area (TPSA) is 73.1 Å². The molecular formula is C5H8N2O2S. The predicted octanol–water partition coefficient (Wildman–Crippen LogP) is 0.530. The Hall–Kier alpha value is -0.860. The van der Waals surface area contributed by atoms with Crippen LogP contribution in [-0.2, 0) is 11.3 Å². The largest absolute Gasteiger partial charge is 0.290 e. The van der Waals surface area contributed by atoms with Crippen molar-refractivity contribution in [2.45, 2.75) is 12.8 Å². The van der Waals surface area contributed by atoms with E-state index in [0.29, 0.717) is 12.8 Å². The number of nitrogens with zero attached hydrogens (tertiary/aromatic N) is 1. The van der Waals surface area contributed by atoms with Crippen molar-refractivity contribution in [3.05, 3.63) is 12.3 Å². The summed E-state index contributed by atoms with van der Waals surface area (Å²) in [6.45, 7) is 0. The van der Waals surface area contributed by atoms with Gasteiger partial charge < -0.3 is 0 Å². The average molecular weight is 160 g/mol. The Balaban J connectivity index is 3.22. The monoisotopic (exact) mass is 160 g/mol. The van der Waals surface area contributed by atoms with Crippen LogP contribution < -0.4 is 4.72 Å². The fourth-order valence-corrected chi connectivity index (χ4v) is 0.550. The molecule has 0 fully saturated rings. The number of nitrogens with one attached hydrogen (secondary N) is 1. The van der Waals surface area contributed by atoms with Crippen LogP contribution in [-0.4, -0.2) is 8.76 Å². The summed E-state index contributed by atoms with van der Waals surface area (Å²) in [5, 5.41) is 8.06.